The number of hydrogen-bond acceptors (Lipinski definition) is 10. The summed E-state index contributed by atoms with van der Waals surface area (Å²) >= 11 is 0. The van der Waals surface area contributed by atoms with E-state index >= 15 is 0 Å². The molecule has 0 saturated carbocycles. The molecule has 0 spiro atoms. The first-order chi connectivity index (χ1) is 16.7. The minimum absolute atomic E-state index is 0.209. The Balaban J connectivity index is 1.86. The normalized spacial score (nSPS) is 22.0. The van der Waals surface area contributed by atoms with Crippen molar-refractivity contribution in [2.45, 2.75) is 24.4 Å². The van der Waals surface area contributed by atoms with Crippen LogP contribution in [0.15, 0.2) is 72.8 Å². The largest absolute Gasteiger partial charge is 0.466 e. The minimum Gasteiger partial charge on any atom is -0.466 e. The number of carbonyl (C=O) groups is 3. The average molecular weight is 505 g/mol. The van der Waals surface area contributed by atoms with Gasteiger partial charge in [0.05, 0.1) is 24.5 Å². The Morgan fingerprint density at radius 3 is 2.03 bits per heavy atom. The fraction of sp³-hybridized carbons (Fsp3) is 0.292. The van der Waals surface area contributed by atoms with Crippen molar-refractivity contribution in [1.82, 2.24) is 0 Å². The number of carbonyl (C=O) groups excluding carboxylic acids is 3. The van der Waals surface area contributed by atoms with Crippen LogP contribution in [-0.4, -0.2) is 70.7 Å². The van der Waals surface area contributed by atoms with Crippen molar-refractivity contribution < 1.29 is 45.9 Å². The SMILES string of the molecule is COC(=O)/C=C\[C@@H]1O[C@H](COC(=O)c2ccccc2)[C@@H](OS(C)(=O)=O)[C@H]1OC(=O)c1ccccc1. The number of hydrogen-bond donors (Lipinski definition) is 0. The number of benzene rings is 2. The average Bonchev–Trinajstić information content (AvgIpc) is 3.16. The van der Waals surface area contributed by atoms with E-state index in [1.54, 1.807) is 48.5 Å². The van der Waals surface area contributed by atoms with Crippen LogP contribution in [0.5, 0.6) is 0 Å². The number of esters is 3. The van der Waals surface area contributed by atoms with Crippen molar-refractivity contribution in [2.75, 3.05) is 20.0 Å². The van der Waals surface area contributed by atoms with Gasteiger partial charge in [0.15, 0.2) is 6.10 Å². The summed E-state index contributed by atoms with van der Waals surface area (Å²) in [5.41, 5.74) is 0.487. The lowest BCUT2D eigenvalue weighted by Gasteiger charge is -2.23. The molecule has 1 saturated heterocycles. The van der Waals surface area contributed by atoms with Crippen LogP contribution < -0.4 is 0 Å². The highest BCUT2D eigenvalue weighted by Crippen LogP contribution is 2.30. The summed E-state index contributed by atoms with van der Waals surface area (Å²) in [6, 6.07) is 16.2. The highest BCUT2D eigenvalue weighted by Gasteiger charge is 2.49. The van der Waals surface area contributed by atoms with E-state index in [1.807, 2.05) is 0 Å². The molecule has 0 amide bonds. The third kappa shape index (κ3) is 7.47. The molecule has 1 aliphatic heterocycles. The smallest absolute Gasteiger partial charge is 0.338 e. The fourth-order valence-corrected chi connectivity index (χ4v) is 3.96. The number of methoxy groups -OCH3 is 1. The Labute approximate surface area is 202 Å². The number of rotatable bonds is 9. The summed E-state index contributed by atoms with van der Waals surface area (Å²) in [5.74, 6) is -2.14. The zero-order chi connectivity index (χ0) is 25.4. The Bertz CT molecular complexity index is 1160. The van der Waals surface area contributed by atoms with E-state index in [0.717, 1.165) is 12.3 Å². The summed E-state index contributed by atoms with van der Waals surface area (Å²) in [6.45, 7) is -0.407. The molecule has 0 unspecified atom stereocenters. The monoisotopic (exact) mass is 504 g/mol. The second kappa shape index (κ2) is 11.7. The summed E-state index contributed by atoms with van der Waals surface area (Å²) in [5, 5.41) is 0. The van der Waals surface area contributed by atoms with Gasteiger partial charge in [-0.1, -0.05) is 36.4 Å². The molecule has 11 heteroatoms. The quantitative estimate of drug-likeness (QED) is 0.216. The van der Waals surface area contributed by atoms with E-state index in [4.69, 9.17) is 18.4 Å². The first-order valence-corrected chi connectivity index (χ1v) is 12.3. The van der Waals surface area contributed by atoms with Gasteiger partial charge in [0.1, 0.15) is 24.9 Å². The Hall–Kier alpha value is -3.54. The van der Waals surface area contributed by atoms with Gasteiger partial charge in [0.2, 0.25) is 0 Å². The number of ether oxygens (including phenoxy) is 4. The second-order valence-electron chi connectivity index (χ2n) is 7.49. The van der Waals surface area contributed by atoms with E-state index in [-0.39, 0.29) is 11.1 Å². The zero-order valence-electron chi connectivity index (χ0n) is 18.9. The molecule has 3 rings (SSSR count). The van der Waals surface area contributed by atoms with E-state index in [2.05, 4.69) is 4.74 Å². The van der Waals surface area contributed by atoms with Crippen LogP contribution in [0.3, 0.4) is 0 Å². The maximum Gasteiger partial charge on any atom is 0.338 e. The molecule has 4 atom stereocenters. The summed E-state index contributed by atoms with van der Waals surface area (Å²) in [7, 11) is -2.87. The van der Waals surface area contributed by atoms with Crippen molar-refractivity contribution in [3.05, 3.63) is 83.9 Å². The predicted molar refractivity (Wildman–Crippen MR) is 122 cm³/mol. The summed E-state index contributed by atoms with van der Waals surface area (Å²) in [4.78, 5) is 36.7. The minimum atomic E-state index is -4.05. The molecule has 2 aromatic carbocycles. The van der Waals surface area contributed by atoms with Crippen LogP contribution in [0.25, 0.3) is 0 Å². The van der Waals surface area contributed by atoms with Gasteiger partial charge in [-0.3, -0.25) is 4.18 Å². The van der Waals surface area contributed by atoms with E-state index in [9.17, 15) is 22.8 Å². The molecule has 0 bridgehead atoms. The lowest BCUT2D eigenvalue weighted by molar-refractivity contribution is -0.134. The lowest BCUT2D eigenvalue weighted by atomic mass is 10.1. The summed E-state index contributed by atoms with van der Waals surface area (Å²) < 4.78 is 50.4. The molecule has 0 aromatic heterocycles. The van der Waals surface area contributed by atoms with Gasteiger partial charge in [0.25, 0.3) is 10.1 Å². The fourth-order valence-electron chi connectivity index (χ4n) is 3.32. The lowest BCUT2D eigenvalue weighted by Crippen LogP contribution is -2.41. The van der Waals surface area contributed by atoms with Crippen LogP contribution >= 0.6 is 0 Å². The van der Waals surface area contributed by atoms with Crippen molar-refractivity contribution >= 4 is 28.0 Å². The van der Waals surface area contributed by atoms with Gasteiger partial charge in [0, 0.05) is 6.08 Å². The predicted octanol–water partition coefficient (Wildman–Crippen LogP) is 1.91. The maximum atomic E-state index is 12.7. The van der Waals surface area contributed by atoms with Gasteiger partial charge >= 0.3 is 17.9 Å². The molecule has 0 N–H and O–H groups in total. The van der Waals surface area contributed by atoms with Crippen LogP contribution in [0.4, 0.5) is 0 Å². The third-order valence-corrected chi connectivity index (χ3v) is 5.47. The first-order valence-electron chi connectivity index (χ1n) is 10.5. The molecule has 0 radical (unpaired) electrons. The molecular formula is C24H24O10S. The van der Waals surface area contributed by atoms with Crippen molar-refractivity contribution in [3.63, 3.8) is 0 Å². The summed E-state index contributed by atoms with van der Waals surface area (Å²) in [6.07, 6.45) is -1.77. The third-order valence-electron chi connectivity index (χ3n) is 4.90. The van der Waals surface area contributed by atoms with E-state index in [0.29, 0.717) is 0 Å². The Kier molecular flexibility index (Phi) is 8.74. The molecule has 1 fully saturated rings. The van der Waals surface area contributed by atoms with Crippen LogP contribution in [0, 0.1) is 0 Å². The molecule has 0 aliphatic carbocycles. The second-order valence-corrected chi connectivity index (χ2v) is 9.09. The zero-order valence-corrected chi connectivity index (χ0v) is 19.8. The van der Waals surface area contributed by atoms with E-state index in [1.165, 1.54) is 25.3 Å². The van der Waals surface area contributed by atoms with Gasteiger partial charge < -0.3 is 18.9 Å². The molecule has 1 heterocycles. The highest BCUT2D eigenvalue weighted by molar-refractivity contribution is 7.86. The standard InChI is InChI=1S/C24H24O10S/c1-30-20(25)14-13-18-21(33-24(27)17-11-7-4-8-12-17)22(34-35(2,28)29)19(32-18)15-31-23(26)16-9-5-3-6-10-16/h3-14,18-19,21-22H,15H2,1-2H3/b14-13-/t18-,19+,21-,22+/m0/s1. The Morgan fingerprint density at radius 1 is 0.914 bits per heavy atom. The maximum absolute atomic E-state index is 12.7. The van der Waals surface area contributed by atoms with Crippen molar-refractivity contribution in [2.24, 2.45) is 0 Å². The molecule has 2 aromatic rings. The molecular weight excluding hydrogens is 480 g/mol. The van der Waals surface area contributed by atoms with Crippen molar-refractivity contribution in [1.29, 1.82) is 0 Å². The highest BCUT2D eigenvalue weighted by atomic mass is 32.2. The molecule has 10 nitrogen and oxygen atoms in total. The van der Waals surface area contributed by atoms with Gasteiger partial charge in [-0.2, -0.15) is 8.42 Å². The van der Waals surface area contributed by atoms with Crippen molar-refractivity contribution in [3.8, 4) is 0 Å². The van der Waals surface area contributed by atoms with Crippen LogP contribution in [0.1, 0.15) is 20.7 Å². The Morgan fingerprint density at radius 2 is 1.49 bits per heavy atom. The molecule has 1 aliphatic rings. The van der Waals surface area contributed by atoms with Gasteiger partial charge in [-0.15, -0.1) is 0 Å². The topological polar surface area (TPSA) is 132 Å². The van der Waals surface area contributed by atoms with Crippen LogP contribution in [-0.2, 0) is 38.0 Å². The molecule has 35 heavy (non-hydrogen) atoms. The van der Waals surface area contributed by atoms with E-state index < -0.39 is 59.0 Å². The first kappa shape index (κ1) is 26.1. The van der Waals surface area contributed by atoms with Gasteiger partial charge in [-0.25, -0.2) is 14.4 Å². The van der Waals surface area contributed by atoms with Gasteiger partial charge in [-0.05, 0) is 30.3 Å². The van der Waals surface area contributed by atoms with Crippen LogP contribution in [0.2, 0.25) is 0 Å². The molecule has 186 valence electrons.